The molecule has 1 unspecified atom stereocenters. The van der Waals surface area contributed by atoms with Gasteiger partial charge in [-0.25, -0.2) is 4.39 Å². The SMILES string of the molecule is COc1c(C(O)c2ccc(C)c(F)c2)ccc(C)c1C. The van der Waals surface area contributed by atoms with Crippen molar-refractivity contribution in [3.05, 3.63) is 64.0 Å². The molecule has 0 aliphatic rings. The highest BCUT2D eigenvalue weighted by molar-refractivity contribution is 5.49. The van der Waals surface area contributed by atoms with Crippen molar-refractivity contribution in [1.29, 1.82) is 0 Å². The maximum atomic E-state index is 13.6. The van der Waals surface area contributed by atoms with Gasteiger partial charge in [0.2, 0.25) is 0 Å². The number of rotatable bonds is 3. The minimum atomic E-state index is -0.903. The predicted octanol–water partition coefficient (Wildman–Crippen LogP) is 3.84. The van der Waals surface area contributed by atoms with Crippen LogP contribution in [0.1, 0.15) is 33.9 Å². The summed E-state index contributed by atoms with van der Waals surface area (Å²) < 4.78 is 19.0. The van der Waals surface area contributed by atoms with E-state index in [0.29, 0.717) is 22.4 Å². The number of aliphatic hydroxyl groups is 1. The average Bonchev–Trinajstić information content (AvgIpc) is 2.44. The molecule has 2 rings (SSSR count). The maximum absolute atomic E-state index is 13.6. The summed E-state index contributed by atoms with van der Waals surface area (Å²) in [5, 5.41) is 10.5. The fraction of sp³-hybridized carbons (Fsp3) is 0.294. The first-order valence-electron chi connectivity index (χ1n) is 6.54. The standard InChI is InChI=1S/C17H19FO2/c1-10-6-8-14(17(20-4)12(10)3)16(19)13-7-5-11(2)15(18)9-13/h5-9,16,19H,1-4H3. The highest BCUT2D eigenvalue weighted by Gasteiger charge is 2.18. The van der Waals surface area contributed by atoms with Gasteiger partial charge >= 0.3 is 0 Å². The molecule has 1 N–H and O–H groups in total. The van der Waals surface area contributed by atoms with Gasteiger partial charge in [-0.15, -0.1) is 0 Å². The highest BCUT2D eigenvalue weighted by Crippen LogP contribution is 2.34. The zero-order valence-electron chi connectivity index (χ0n) is 12.2. The molecular weight excluding hydrogens is 255 g/mol. The number of hydrogen-bond donors (Lipinski definition) is 1. The second kappa shape index (κ2) is 5.63. The zero-order valence-corrected chi connectivity index (χ0v) is 12.2. The second-order valence-electron chi connectivity index (χ2n) is 5.04. The van der Waals surface area contributed by atoms with Gasteiger partial charge in [0.1, 0.15) is 17.7 Å². The van der Waals surface area contributed by atoms with E-state index in [1.54, 1.807) is 26.2 Å². The quantitative estimate of drug-likeness (QED) is 0.921. The first kappa shape index (κ1) is 14.5. The van der Waals surface area contributed by atoms with Crippen molar-refractivity contribution in [3.8, 4) is 5.75 Å². The number of ether oxygens (including phenoxy) is 1. The van der Waals surface area contributed by atoms with Crippen LogP contribution in [0.3, 0.4) is 0 Å². The van der Waals surface area contributed by atoms with Crippen LogP contribution in [0.2, 0.25) is 0 Å². The van der Waals surface area contributed by atoms with Crippen molar-refractivity contribution in [2.45, 2.75) is 26.9 Å². The Balaban J connectivity index is 2.50. The number of hydrogen-bond acceptors (Lipinski definition) is 2. The van der Waals surface area contributed by atoms with Gasteiger partial charge < -0.3 is 9.84 Å². The summed E-state index contributed by atoms with van der Waals surface area (Å²) >= 11 is 0. The van der Waals surface area contributed by atoms with Crippen LogP contribution in [0.4, 0.5) is 4.39 Å². The second-order valence-corrected chi connectivity index (χ2v) is 5.04. The molecule has 106 valence electrons. The Morgan fingerprint density at radius 1 is 1.05 bits per heavy atom. The van der Waals surface area contributed by atoms with E-state index < -0.39 is 6.10 Å². The molecule has 2 nitrogen and oxygen atoms in total. The summed E-state index contributed by atoms with van der Waals surface area (Å²) in [4.78, 5) is 0. The third-order valence-electron chi connectivity index (χ3n) is 3.72. The van der Waals surface area contributed by atoms with Gasteiger partial charge in [-0.2, -0.15) is 0 Å². The Morgan fingerprint density at radius 2 is 1.70 bits per heavy atom. The first-order chi connectivity index (χ1) is 9.45. The van der Waals surface area contributed by atoms with Gasteiger partial charge in [0, 0.05) is 5.56 Å². The predicted molar refractivity (Wildman–Crippen MR) is 77.7 cm³/mol. The lowest BCUT2D eigenvalue weighted by atomic mass is 9.96. The van der Waals surface area contributed by atoms with E-state index in [1.165, 1.54) is 6.07 Å². The van der Waals surface area contributed by atoms with Crippen LogP contribution in [0.15, 0.2) is 30.3 Å². The molecule has 20 heavy (non-hydrogen) atoms. The Kier molecular flexibility index (Phi) is 4.09. The Morgan fingerprint density at radius 3 is 2.30 bits per heavy atom. The van der Waals surface area contributed by atoms with Crippen LogP contribution in [-0.4, -0.2) is 12.2 Å². The lowest BCUT2D eigenvalue weighted by Gasteiger charge is -2.18. The van der Waals surface area contributed by atoms with E-state index >= 15 is 0 Å². The summed E-state index contributed by atoms with van der Waals surface area (Å²) in [6.07, 6.45) is -0.903. The number of aryl methyl sites for hydroxylation is 2. The topological polar surface area (TPSA) is 29.5 Å². The van der Waals surface area contributed by atoms with E-state index in [1.807, 2.05) is 26.0 Å². The molecule has 3 heteroatoms. The molecule has 0 spiro atoms. The van der Waals surface area contributed by atoms with Crippen LogP contribution >= 0.6 is 0 Å². The van der Waals surface area contributed by atoms with Gasteiger partial charge in [-0.1, -0.05) is 24.3 Å². The molecule has 0 saturated carbocycles. The largest absolute Gasteiger partial charge is 0.496 e. The Labute approximate surface area is 118 Å². The molecule has 2 aromatic carbocycles. The third-order valence-corrected chi connectivity index (χ3v) is 3.72. The van der Waals surface area contributed by atoms with Crippen molar-refractivity contribution >= 4 is 0 Å². The van der Waals surface area contributed by atoms with Crippen LogP contribution in [0.5, 0.6) is 5.75 Å². The number of halogens is 1. The van der Waals surface area contributed by atoms with E-state index in [9.17, 15) is 9.50 Å². The summed E-state index contributed by atoms with van der Waals surface area (Å²) in [6, 6.07) is 8.53. The van der Waals surface area contributed by atoms with E-state index in [0.717, 1.165) is 11.1 Å². The summed E-state index contributed by atoms with van der Waals surface area (Å²) in [7, 11) is 1.58. The monoisotopic (exact) mass is 274 g/mol. The van der Waals surface area contributed by atoms with Crippen molar-refractivity contribution in [1.82, 2.24) is 0 Å². The minimum absolute atomic E-state index is 0.315. The molecular formula is C17H19FO2. The Bertz CT molecular complexity index is 635. The normalized spacial score (nSPS) is 12.3. The minimum Gasteiger partial charge on any atom is -0.496 e. The molecule has 0 aliphatic heterocycles. The maximum Gasteiger partial charge on any atom is 0.128 e. The fourth-order valence-electron chi connectivity index (χ4n) is 2.26. The molecule has 0 aromatic heterocycles. The van der Waals surface area contributed by atoms with Gasteiger partial charge in [0.15, 0.2) is 0 Å². The van der Waals surface area contributed by atoms with Crippen molar-refractivity contribution in [2.24, 2.45) is 0 Å². The molecule has 1 atom stereocenters. The molecule has 0 radical (unpaired) electrons. The third kappa shape index (κ3) is 2.54. The van der Waals surface area contributed by atoms with E-state index in [4.69, 9.17) is 4.74 Å². The van der Waals surface area contributed by atoms with Gasteiger partial charge in [-0.05, 0) is 49.1 Å². The van der Waals surface area contributed by atoms with Gasteiger partial charge in [-0.3, -0.25) is 0 Å². The van der Waals surface area contributed by atoms with Crippen LogP contribution in [0, 0.1) is 26.6 Å². The van der Waals surface area contributed by atoms with Crippen LogP contribution in [-0.2, 0) is 0 Å². The summed E-state index contributed by atoms with van der Waals surface area (Å²) in [6.45, 7) is 5.63. The summed E-state index contributed by atoms with van der Waals surface area (Å²) in [5.41, 5.74) is 3.81. The lowest BCUT2D eigenvalue weighted by molar-refractivity contribution is 0.214. The zero-order chi connectivity index (χ0) is 14.9. The molecule has 0 saturated heterocycles. The number of aliphatic hydroxyl groups excluding tert-OH is 1. The Hall–Kier alpha value is -1.87. The number of benzene rings is 2. The molecule has 0 bridgehead atoms. The van der Waals surface area contributed by atoms with Crippen molar-refractivity contribution < 1.29 is 14.2 Å². The van der Waals surface area contributed by atoms with Crippen LogP contribution < -0.4 is 4.74 Å². The van der Waals surface area contributed by atoms with Crippen molar-refractivity contribution in [2.75, 3.05) is 7.11 Å². The lowest BCUT2D eigenvalue weighted by Crippen LogP contribution is -2.05. The molecule has 0 amide bonds. The fourth-order valence-corrected chi connectivity index (χ4v) is 2.26. The van der Waals surface area contributed by atoms with E-state index in [2.05, 4.69) is 0 Å². The van der Waals surface area contributed by atoms with E-state index in [-0.39, 0.29) is 5.82 Å². The van der Waals surface area contributed by atoms with Crippen LogP contribution in [0.25, 0.3) is 0 Å². The molecule has 2 aromatic rings. The molecule has 0 aliphatic carbocycles. The average molecular weight is 274 g/mol. The smallest absolute Gasteiger partial charge is 0.128 e. The number of methoxy groups -OCH3 is 1. The summed E-state index contributed by atoms with van der Waals surface area (Å²) in [5.74, 6) is 0.336. The first-order valence-corrected chi connectivity index (χ1v) is 6.54. The van der Waals surface area contributed by atoms with Crippen molar-refractivity contribution in [3.63, 3.8) is 0 Å². The molecule has 0 heterocycles. The highest BCUT2D eigenvalue weighted by atomic mass is 19.1. The van der Waals surface area contributed by atoms with Gasteiger partial charge in [0.25, 0.3) is 0 Å². The van der Waals surface area contributed by atoms with Gasteiger partial charge in [0.05, 0.1) is 7.11 Å². The molecule has 0 fully saturated rings.